The molecule has 2 heterocycles. The fourth-order valence-electron chi connectivity index (χ4n) is 4.65. The number of benzene rings is 3. The third kappa shape index (κ3) is 5.64. The van der Waals surface area contributed by atoms with E-state index in [0.29, 0.717) is 5.69 Å². The van der Waals surface area contributed by atoms with Gasteiger partial charge in [-0.15, -0.1) is 0 Å². The van der Waals surface area contributed by atoms with E-state index in [0.717, 1.165) is 27.6 Å². The van der Waals surface area contributed by atoms with Crippen molar-refractivity contribution in [1.29, 1.82) is 0 Å². The Morgan fingerprint density at radius 1 is 0.921 bits per heavy atom. The van der Waals surface area contributed by atoms with E-state index in [1.807, 2.05) is 84.9 Å². The zero-order chi connectivity index (χ0) is 26.5. The number of fused-ring (bicyclic) bond motifs is 2. The number of ether oxygens (including phenoxy) is 1. The summed E-state index contributed by atoms with van der Waals surface area (Å²) in [4.78, 5) is 44.6. The van der Waals surface area contributed by atoms with E-state index in [1.54, 1.807) is 6.07 Å². The zero-order valence-electron chi connectivity index (χ0n) is 20.6. The van der Waals surface area contributed by atoms with Crippen LogP contribution in [0.4, 0.5) is 4.79 Å². The molecule has 4 aromatic rings. The lowest BCUT2D eigenvalue weighted by molar-refractivity contribution is -0.142. The minimum atomic E-state index is -1.21. The van der Waals surface area contributed by atoms with Gasteiger partial charge in [0.25, 0.3) is 0 Å². The summed E-state index contributed by atoms with van der Waals surface area (Å²) in [5, 5.41) is 13.5. The first kappa shape index (κ1) is 25.0. The van der Waals surface area contributed by atoms with Crippen LogP contribution in [0.15, 0.2) is 91.0 Å². The van der Waals surface area contributed by atoms with Gasteiger partial charge in [-0.3, -0.25) is 14.7 Å². The summed E-state index contributed by atoms with van der Waals surface area (Å²) < 4.78 is 5.53. The Hall–Kier alpha value is -4.72. The predicted molar refractivity (Wildman–Crippen MR) is 141 cm³/mol. The Kier molecular flexibility index (Phi) is 7.31. The van der Waals surface area contributed by atoms with Crippen LogP contribution in [0.25, 0.3) is 10.9 Å². The van der Waals surface area contributed by atoms with Gasteiger partial charge in [0.15, 0.2) is 0 Å². The summed E-state index contributed by atoms with van der Waals surface area (Å²) in [6.07, 6.45) is -0.372. The first-order valence-electron chi connectivity index (χ1n) is 12.4. The molecule has 38 heavy (non-hydrogen) atoms. The van der Waals surface area contributed by atoms with Crippen LogP contribution >= 0.6 is 0 Å². The van der Waals surface area contributed by atoms with Crippen LogP contribution in [-0.4, -0.2) is 45.0 Å². The number of pyridine rings is 1. The third-order valence-electron chi connectivity index (χ3n) is 6.67. The molecular weight excluding hydrogens is 482 g/mol. The van der Waals surface area contributed by atoms with Gasteiger partial charge in [-0.05, 0) is 28.8 Å². The summed E-state index contributed by atoms with van der Waals surface area (Å²) in [6.45, 7) is 0.253. The molecule has 1 aliphatic heterocycles. The number of carbonyl (C=O) groups is 3. The van der Waals surface area contributed by atoms with Crippen molar-refractivity contribution in [2.24, 2.45) is 0 Å². The van der Waals surface area contributed by atoms with Crippen molar-refractivity contribution >= 4 is 28.9 Å². The average molecular weight is 510 g/mol. The summed E-state index contributed by atoms with van der Waals surface area (Å²) in [5.74, 6) is -1.73. The van der Waals surface area contributed by atoms with E-state index in [1.165, 1.54) is 4.90 Å². The van der Waals surface area contributed by atoms with E-state index in [9.17, 15) is 19.5 Å². The number of carboxylic acids is 1. The van der Waals surface area contributed by atoms with Crippen molar-refractivity contribution < 1.29 is 24.2 Å². The van der Waals surface area contributed by atoms with E-state index in [-0.39, 0.29) is 26.0 Å². The lowest BCUT2D eigenvalue weighted by atomic mass is 9.93. The molecule has 2 atom stereocenters. The lowest BCUT2D eigenvalue weighted by Gasteiger charge is -2.35. The molecule has 8 heteroatoms. The standard InChI is InChI=1S/C30H27N3O5/c34-28(32-26(29(35)36)17-24-15-14-21-10-6-7-13-25(21)31-24)27-16-22-11-4-5-12-23(22)18-33(27)30(37)38-19-20-8-2-1-3-9-20/h1-15,26-27H,16-19H2,(H,32,34)(H,35,36)/t26-,27-/m0/s1. The topological polar surface area (TPSA) is 109 Å². The Labute approximate surface area is 219 Å². The summed E-state index contributed by atoms with van der Waals surface area (Å²) in [7, 11) is 0. The van der Waals surface area contributed by atoms with Gasteiger partial charge in [-0.1, -0.05) is 78.9 Å². The number of hydrogen-bond acceptors (Lipinski definition) is 5. The number of carboxylic acid groups (broad SMARTS) is 1. The third-order valence-corrected chi connectivity index (χ3v) is 6.67. The highest BCUT2D eigenvalue weighted by molar-refractivity contribution is 5.90. The molecule has 192 valence electrons. The smallest absolute Gasteiger partial charge is 0.411 e. The molecule has 0 fully saturated rings. The minimum Gasteiger partial charge on any atom is -0.480 e. The Morgan fingerprint density at radius 3 is 2.42 bits per heavy atom. The summed E-state index contributed by atoms with van der Waals surface area (Å²) >= 11 is 0. The number of aromatic nitrogens is 1. The van der Waals surface area contributed by atoms with Crippen LogP contribution in [-0.2, 0) is 40.3 Å². The van der Waals surface area contributed by atoms with Crippen molar-refractivity contribution in [2.75, 3.05) is 0 Å². The van der Waals surface area contributed by atoms with Gasteiger partial charge < -0.3 is 15.2 Å². The second-order valence-electron chi connectivity index (χ2n) is 9.26. The molecule has 5 rings (SSSR count). The monoisotopic (exact) mass is 509 g/mol. The quantitative estimate of drug-likeness (QED) is 0.388. The predicted octanol–water partition coefficient (Wildman–Crippen LogP) is 4.11. The first-order valence-corrected chi connectivity index (χ1v) is 12.4. The van der Waals surface area contributed by atoms with Gasteiger partial charge in [0, 0.05) is 23.9 Å². The normalized spacial score (nSPS) is 15.4. The summed E-state index contributed by atoms with van der Waals surface area (Å²) in [5.41, 5.74) is 3.97. The zero-order valence-corrected chi connectivity index (χ0v) is 20.6. The molecule has 1 aromatic heterocycles. The fourth-order valence-corrected chi connectivity index (χ4v) is 4.65. The van der Waals surface area contributed by atoms with Crippen LogP contribution in [0.2, 0.25) is 0 Å². The number of nitrogens with zero attached hydrogens (tertiary/aromatic N) is 2. The second kappa shape index (κ2) is 11.1. The maximum Gasteiger partial charge on any atom is 0.411 e. The molecule has 1 aliphatic rings. The maximum absolute atomic E-state index is 13.5. The first-order chi connectivity index (χ1) is 18.5. The van der Waals surface area contributed by atoms with Crippen LogP contribution in [0.3, 0.4) is 0 Å². The Morgan fingerprint density at radius 2 is 1.63 bits per heavy atom. The number of para-hydroxylation sites is 1. The number of aliphatic carboxylic acids is 1. The van der Waals surface area contributed by atoms with Crippen molar-refractivity contribution in [3.63, 3.8) is 0 Å². The molecule has 3 aromatic carbocycles. The molecule has 0 unspecified atom stereocenters. The highest BCUT2D eigenvalue weighted by atomic mass is 16.6. The molecule has 0 saturated heterocycles. The largest absolute Gasteiger partial charge is 0.480 e. The molecule has 0 spiro atoms. The van der Waals surface area contributed by atoms with Gasteiger partial charge >= 0.3 is 12.1 Å². The fraction of sp³-hybridized carbons (Fsp3) is 0.200. The maximum atomic E-state index is 13.5. The minimum absolute atomic E-state index is 0.00761. The van der Waals surface area contributed by atoms with Gasteiger partial charge in [-0.2, -0.15) is 0 Å². The molecular formula is C30H27N3O5. The van der Waals surface area contributed by atoms with Crippen molar-refractivity contribution in [2.45, 2.75) is 38.1 Å². The molecule has 8 nitrogen and oxygen atoms in total. The van der Waals surface area contributed by atoms with Crippen molar-refractivity contribution in [1.82, 2.24) is 15.2 Å². The van der Waals surface area contributed by atoms with E-state index >= 15 is 0 Å². The van der Waals surface area contributed by atoms with Crippen molar-refractivity contribution in [3.8, 4) is 0 Å². The number of carbonyl (C=O) groups excluding carboxylic acids is 2. The summed E-state index contributed by atoms with van der Waals surface area (Å²) in [6, 6.07) is 25.9. The molecule has 0 aliphatic carbocycles. The highest BCUT2D eigenvalue weighted by Crippen LogP contribution is 2.25. The van der Waals surface area contributed by atoms with Gasteiger partial charge in [-0.25, -0.2) is 9.59 Å². The van der Waals surface area contributed by atoms with Gasteiger partial charge in [0.1, 0.15) is 18.7 Å². The Balaban J connectivity index is 1.34. The van der Waals surface area contributed by atoms with Gasteiger partial charge in [0.2, 0.25) is 5.91 Å². The van der Waals surface area contributed by atoms with Crippen LogP contribution in [0.1, 0.15) is 22.4 Å². The van der Waals surface area contributed by atoms with Gasteiger partial charge in [0.05, 0.1) is 12.1 Å². The second-order valence-corrected chi connectivity index (χ2v) is 9.26. The average Bonchev–Trinajstić information content (AvgIpc) is 2.95. The van der Waals surface area contributed by atoms with Crippen LogP contribution in [0, 0.1) is 0 Å². The molecule has 2 amide bonds. The number of hydrogen-bond donors (Lipinski definition) is 2. The molecule has 2 N–H and O–H groups in total. The highest BCUT2D eigenvalue weighted by Gasteiger charge is 2.37. The molecule has 0 bridgehead atoms. The molecule has 0 radical (unpaired) electrons. The van der Waals surface area contributed by atoms with E-state index < -0.39 is 30.1 Å². The number of amides is 2. The Bertz CT molecular complexity index is 1470. The van der Waals surface area contributed by atoms with Crippen LogP contribution < -0.4 is 5.32 Å². The molecule has 0 saturated carbocycles. The van der Waals surface area contributed by atoms with E-state index in [4.69, 9.17) is 4.74 Å². The lowest BCUT2D eigenvalue weighted by Crippen LogP contribution is -2.56. The number of rotatable bonds is 7. The van der Waals surface area contributed by atoms with Crippen molar-refractivity contribution in [3.05, 3.63) is 113 Å². The van der Waals surface area contributed by atoms with Crippen LogP contribution in [0.5, 0.6) is 0 Å². The number of nitrogens with one attached hydrogen (secondary N) is 1. The van der Waals surface area contributed by atoms with E-state index in [2.05, 4.69) is 10.3 Å². The SMILES string of the molecule is O=C(O)[C@H](Cc1ccc2ccccc2n1)NC(=O)[C@@H]1Cc2ccccc2CN1C(=O)OCc1ccccc1.